The second-order valence-corrected chi connectivity index (χ2v) is 14.4. The van der Waals surface area contributed by atoms with Gasteiger partial charge in [0.15, 0.2) is 6.61 Å². The first kappa shape index (κ1) is 34.2. The zero-order valence-corrected chi connectivity index (χ0v) is 26.5. The number of hydrogen-bond donors (Lipinski definition) is 4. The molecule has 252 valence electrons. The number of alkyl halides is 3. The second kappa shape index (κ2) is 13.9. The van der Waals surface area contributed by atoms with Crippen LogP contribution < -0.4 is 20.7 Å². The van der Waals surface area contributed by atoms with E-state index in [1.54, 1.807) is 0 Å². The molecule has 1 aromatic rings. The maximum atomic E-state index is 14.3. The van der Waals surface area contributed by atoms with Crippen molar-refractivity contribution in [3.8, 4) is 5.75 Å². The number of hydrogen-bond acceptors (Lipinski definition) is 5. The van der Waals surface area contributed by atoms with E-state index >= 15 is 0 Å². The summed E-state index contributed by atoms with van der Waals surface area (Å²) in [5, 5.41) is 20.2. The van der Waals surface area contributed by atoms with E-state index in [1.807, 2.05) is 0 Å². The highest BCUT2D eigenvalue weighted by Crippen LogP contribution is 2.54. The van der Waals surface area contributed by atoms with Crippen LogP contribution in [0.15, 0.2) is 18.2 Å². The fourth-order valence-corrected chi connectivity index (χ4v) is 8.72. The Morgan fingerprint density at radius 1 is 0.978 bits per heavy atom. The van der Waals surface area contributed by atoms with Crippen molar-refractivity contribution in [1.29, 1.82) is 0 Å². The van der Waals surface area contributed by atoms with Gasteiger partial charge in [-0.25, -0.2) is 4.39 Å². The van der Waals surface area contributed by atoms with E-state index < -0.39 is 46.3 Å². The quantitative estimate of drug-likeness (QED) is 0.261. The fourth-order valence-electron chi connectivity index (χ4n) is 8.60. The number of ether oxygens (including phenoxy) is 1. The normalized spacial score (nSPS) is 32.1. The Morgan fingerprint density at radius 3 is 2.22 bits per heavy atom. The minimum Gasteiger partial charge on any atom is -0.484 e. The molecule has 2 amide bonds. The van der Waals surface area contributed by atoms with Crippen molar-refractivity contribution >= 4 is 23.4 Å². The molecule has 1 heterocycles. The lowest BCUT2D eigenvalue weighted by molar-refractivity contribution is -0.219. The summed E-state index contributed by atoms with van der Waals surface area (Å²) < 4.78 is 61.9. The average molecular weight is 660 g/mol. The van der Waals surface area contributed by atoms with Crippen molar-refractivity contribution in [1.82, 2.24) is 16.0 Å². The number of halogens is 5. The molecule has 1 aliphatic heterocycles. The van der Waals surface area contributed by atoms with E-state index in [1.165, 1.54) is 12.1 Å². The van der Waals surface area contributed by atoms with Crippen molar-refractivity contribution in [2.75, 3.05) is 19.7 Å². The molecule has 7 nitrogen and oxygen atoms in total. The molecule has 2 bridgehead atoms. The molecular formula is C33H46ClF4N3O4. The van der Waals surface area contributed by atoms with Gasteiger partial charge in [0.2, 0.25) is 5.91 Å². The van der Waals surface area contributed by atoms with Crippen LogP contribution in [0.2, 0.25) is 5.02 Å². The highest BCUT2D eigenvalue weighted by molar-refractivity contribution is 6.30. The highest BCUT2D eigenvalue weighted by Gasteiger charge is 2.59. The van der Waals surface area contributed by atoms with Crippen LogP contribution in [0, 0.1) is 22.6 Å². The number of rotatable bonds is 7. The predicted octanol–water partition coefficient (Wildman–Crippen LogP) is 6.21. The molecule has 2 unspecified atom stereocenters. The molecule has 0 aromatic heterocycles. The van der Waals surface area contributed by atoms with Gasteiger partial charge in [-0.3, -0.25) is 9.59 Å². The Hall–Kier alpha value is -2.11. The van der Waals surface area contributed by atoms with Crippen molar-refractivity contribution in [3.05, 3.63) is 29.0 Å². The van der Waals surface area contributed by atoms with E-state index in [0.717, 1.165) is 51.0 Å². The Kier molecular flexibility index (Phi) is 10.6. The van der Waals surface area contributed by atoms with Crippen molar-refractivity contribution in [3.63, 3.8) is 0 Å². The van der Waals surface area contributed by atoms with Gasteiger partial charge in [-0.05, 0) is 68.9 Å². The molecule has 4 aliphatic carbocycles. The van der Waals surface area contributed by atoms with Gasteiger partial charge in [-0.15, -0.1) is 0 Å². The lowest BCUT2D eigenvalue weighted by atomic mass is 9.55. The van der Waals surface area contributed by atoms with E-state index in [9.17, 15) is 32.3 Å². The molecule has 3 atom stereocenters. The first-order valence-corrected chi connectivity index (χ1v) is 16.9. The molecular weight excluding hydrogens is 614 g/mol. The van der Waals surface area contributed by atoms with Crippen LogP contribution in [0.25, 0.3) is 0 Å². The van der Waals surface area contributed by atoms with Crippen LogP contribution in [0.4, 0.5) is 17.6 Å². The number of amides is 2. The number of piperidine rings is 1. The lowest BCUT2D eigenvalue weighted by Crippen LogP contribution is -2.66. The first-order chi connectivity index (χ1) is 21.4. The monoisotopic (exact) mass is 659 g/mol. The smallest absolute Gasteiger partial charge is 0.393 e. The number of fused-ring (bicyclic) bond motifs is 3. The van der Waals surface area contributed by atoms with Gasteiger partial charge in [0.25, 0.3) is 5.91 Å². The topological polar surface area (TPSA) is 99.7 Å². The van der Waals surface area contributed by atoms with Crippen LogP contribution in [0.1, 0.15) is 96.3 Å². The van der Waals surface area contributed by atoms with Crippen molar-refractivity contribution in [2.24, 2.45) is 16.7 Å². The number of benzene rings is 1. The second-order valence-electron chi connectivity index (χ2n) is 14.0. The zero-order chi connectivity index (χ0) is 32.3. The Balaban J connectivity index is 1.16. The van der Waals surface area contributed by atoms with Crippen LogP contribution in [-0.2, 0) is 9.59 Å². The third-order valence-electron chi connectivity index (χ3n) is 11.2. The minimum atomic E-state index is -4.28. The van der Waals surface area contributed by atoms with Gasteiger partial charge in [0.1, 0.15) is 11.6 Å². The van der Waals surface area contributed by atoms with E-state index in [2.05, 4.69) is 16.0 Å². The zero-order valence-electron chi connectivity index (χ0n) is 25.8. The summed E-state index contributed by atoms with van der Waals surface area (Å²) in [6.45, 7) is -0.267. The number of carbonyl (C=O) groups excluding carboxylic acids is 2. The Labute approximate surface area is 267 Å². The summed E-state index contributed by atoms with van der Waals surface area (Å²) in [6, 6.07) is 3.63. The summed E-state index contributed by atoms with van der Waals surface area (Å²) in [5.74, 6) is -2.57. The fraction of sp³-hybridized carbons (Fsp3) is 0.758. The Bertz CT molecular complexity index is 1200. The molecule has 5 aliphatic rings. The summed E-state index contributed by atoms with van der Waals surface area (Å²) in [5.41, 5.74) is -2.50. The van der Waals surface area contributed by atoms with E-state index in [-0.39, 0.29) is 48.8 Å². The van der Waals surface area contributed by atoms with Gasteiger partial charge < -0.3 is 25.8 Å². The minimum absolute atomic E-state index is 0.0497. The largest absolute Gasteiger partial charge is 0.484 e. The number of nitrogens with one attached hydrogen (secondary N) is 3. The van der Waals surface area contributed by atoms with Crippen LogP contribution in [0.3, 0.4) is 0 Å². The summed E-state index contributed by atoms with van der Waals surface area (Å²) in [4.78, 5) is 26.3. The molecule has 45 heavy (non-hydrogen) atoms. The van der Waals surface area contributed by atoms with Crippen LogP contribution in [-0.4, -0.2) is 60.5 Å². The van der Waals surface area contributed by atoms with Gasteiger partial charge in [0.05, 0.1) is 22.5 Å². The number of aliphatic hydroxyl groups is 1. The first-order valence-electron chi connectivity index (χ1n) is 16.5. The lowest BCUT2D eigenvalue weighted by Gasteiger charge is -2.55. The van der Waals surface area contributed by atoms with Crippen LogP contribution in [0.5, 0.6) is 5.75 Å². The van der Waals surface area contributed by atoms with Gasteiger partial charge in [-0.2, -0.15) is 13.2 Å². The SMILES string of the molecule is O=C(COc1ccc(Cl)c(F)c1)NC12CCC(C(=O)NCC3CC4(CCCCCCCCC4)C(C(F)(F)F)CN3)(CC1)[C@H](O)C2. The molecule has 1 saturated heterocycles. The number of aliphatic hydroxyl groups excluding tert-OH is 1. The molecule has 12 heteroatoms. The number of carbonyl (C=O) groups is 2. The Morgan fingerprint density at radius 2 is 1.62 bits per heavy atom. The summed E-state index contributed by atoms with van der Waals surface area (Å²) in [6.07, 6.45) is 4.97. The summed E-state index contributed by atoms with van der Waals surface area (Å²) >= 11 is 5.69. The van der Waals surface area contributed by atoms with Crippen LogP contribution >= 0.6 is 11.6 Å². The molecule has 1 spiro atoms. The van der Waals surface area contributed by atoms with Crippen molar-refractivity contribution < 1.29 is 37.0 Å². The maximum Gasteiger partial charge on any atom is 0.393 e. The molecule has 0 radical (unpaired) electrons. The average Bonchev–Trinajstić information content (AvgIpc) is 2.99. The van der Waals surface area contributed by atoms with Gasteiger partial charge in [-0.1, -0.05) is 56.5 Å². The van der Waals surface area contributed by atoms with E-state index in [4.69, 9.17) is 16.3 Å². The molecule has 4 N–H and O–H groups in total. The third-order valence-corrected chi connectivity index (χ3v) is 11.5. The van der Waals surface area contributed by atoms with E-state index in [0.29, 0.717) is 44.9 Å². The van der Waals surface area contributed by atoms with Gasteiger partial charge in [0, 0.05) is 30.7 Å². The third kappa shape index (κ3) is 7.73. The molecule has 5 fully saturated rings. The maximum absolute atomic E-state index is 14.3. The van der Waals surface area contributed by atoms with Gasteiger partial charge >= 0.3 is 6.18 Å². The predicted molar refractivity (Wildman–Crippen MR) is 162 cm³/mol. The summed E-state index contributed by atoms with van der Waals surface area (Å²) in [7, 11) is 0. The molecule has 1 aromatic carbocycles. The highest BCUT2D eigenvalue weighted by atomic mass is 35.5. The standard InChI is InChI=1S/C33H46ClF4N3O4/c34-24-9-8-23(16-25(24)35)45-21-28(43)41-31-12-14-32(15-13-31,27(42)18-31)29(44)40-19-22-17-30(26(20-39-22)33(36,37)38)10-6-4-2-1-3-5-7-11-30/h8-9,16,22,26-27,39,42H,1-7,10-15,17-21H2,(H,40,44)(H,41,43)/t22?,26?,27-,31?,32?/m1/s1. The molecule has 4 saturated carbocycles. The molecule has 6 rings (SSSR count). The van der Waals surface area contributed by atoms with Crippen molar-refractivity contribution in [2.45, 2.75) is 120 Å².